The molecule has 0 bridgehead atoms. The second kappa shape index (κ2) is 6.42. The number of nitrogens with one attached hydrogen (secondary N) is 2. The summed E-state index contributed by atoms with van der Waals surface area (Å²) >= 11 is 0. The third kappa shape index (κ3) is 3.51. The fraction of sp³-hybridized carbons (Fsp3) is 0.438. The molecular formula is C16H20FN3. The summed E-state index contributed by atoms with van der Waals surface area (Å²) in [4.78, 5) is 4.59. The number of rotatable bonds is 5. The van der Waals surface area contributed by atoms with Crippen molar-refractivity contribution in [2.45, 2.75) is 25.2 Å². The average Bonchev–Trinajstić information content (AvgIpc) is 3.24. The summed E-state index contributed by atoms with van der Waals surface area (Å²) in [5.74, 6) is 3.07. The molecule has 1 aliphatic carbocycles. The molecule has 1 aromatic rings. The SMILES string of the molecule is C#CCNC(=NCC1(c2ccc(F)cc2)CC1)NCC. The third-order valence-electron chi connectivity index (χ3n) is 3.55. The molecule has 0 spiro atoms. The van der Waals surface area contributed by atoms with E-state index in [0.717, 1.165) is 30.9 Å². The van der Waals surface area contributed by atoms with E-state index in [-0.39, 0.29) is 11.2 Å². The first-order valence-electron chi connectivity index (χ1n) is 6.92. The minimum absolute atomic E-state index is 0.0756. The standard InChI is InChI=1S/C16H20FN3/c1-3-11-19-15(18-4-2)20-12-16(9-10-16)13-5-7-14(17)8-6-13/h1,5-8H,4,9-12H2,2H3,(H2,18,19,20). The van der Waals surface area contributed by atoms with Crippen molar-refractivity contribution in [2.75, 3.05) is 19.6 Å². The van der Waals surface area contributed by atoms with Crippen molar-refractivity contribution in [2.24, 2.45) is 4.99 Å². The van der Waals surface area contributed by atoms with E-state index in [1.54, 1.807) is 0 Å². The van der Waals surface area contributed by atoms with Gasteiger partial charge in [0.25, 0.3) is 0 Å². The van der Waals surface area contributed by atoms with Crippen LogP contribution in [0.4, 0.5) is 4.39 Å². The molecule has 0 saturated heterocycles. The zero-order valence-corrected chi connectivity index (χ0v) is 11.7. The summed E-state index contributed by atoms with van der Waals surface area (Å²) in [6.07, 6.45) is 7.43. The van der Waals surface area contributed by atoms with E-state index in [1.165, 1.54) is 12.1 Å². The van der Waals surface area contributed by atoms with Gasteiger partial charge in [-0.2, -0.15) is 0 Å². The van der Waals surface area contributed by atoms with Crippen LogP contribution in [0.15, 0.2) is 29.3 Å². The number of aliphatic imine (C=N–C) groups is 1. The molecular weight excluding hydrogens is 253 g/mol. The van der Waals surface area contributed by atoms with E-state index in [4.69, 9.17) is 6.42 Å². The molecule has 106 valence electrons. The van der Waals surface area contributed by atoms with Crippen molar-refractivity contribution < 1.29 is 4.39 Å². The van der Waals surface area contributed by atoms with Crippen LogP contribution in [0.1, 0.15) is 25.3 Å². The second-order valence-corrected chi connectivity index (χ2v) is 5.04. The van der Waals surface area contributed by atoms with Crippen molar-refractivity contribution >= 4 is 5.96 Å². The Labute approximate surface area is 119 Å². The van der Waals surface area contributed by atoms with Gasteiger partial charge in [-0.3, -0.25) is 4.99 Å². The lowest BCUT2D eigenvalue weighted by atomic mass is 9.96. The first-order valence-corrected chi connectivity index (χ1v) is 6.92. The van der Waals surface area contributed by atoms with E-state index >= 15 is 0 Å². The molecule has 0 unspecified atom stereocenters. The van der Waals surface area contributed by atoms with Gasteiger partial charge in [-0.25, -0.2) is 4.39 Å². The largest absolute Gasteiger partial charge is 0.357 e. The Balaban J connectivity index is 2.04. The number of benzene rings is 1. The van der Waals surface area contributed by atoms with Gasteiger partial charge in [0, 0.05) is 12.0 Å². The van der Waals surface area contributed by atoms with Gasteiger partial charge in [-0.1, -0.05) is 18.1 Å². The number of terminal acetylenes is 1. The third-order valence-corrected chi connectivity index (χ3v) is 3.55. The topological polar surface area (TPSA) is 36.4 Å². The van der Waals surface area contributed by atoms with Crippen LogP contribution in [0.5, 0.6) is 0 Å². The van der Waals surface area contributed by atoms with Crippen molar-refractivity contribution in [3.8, 4) is 12.3 Å². The van der Waals surface area contributed by atoms with Gasteiger partial charge < -0.3 is 10.6 Å². The zero-order chi connectivity index (χ0) is 14.4. The van der Waals surface area contributed by atoms with Crippen LogP contribution in [0.25, 0.3) is 0 Å². The number of hydrogen-bond donors (Lipinski definition) is 2. The van der Waals surface area contributed by atoms with Crippen LogP contribution in [0.3, 0.4) is 0 Å². The number of hydrogen-bond acceptors (Lipinski definition) is 1. The molecule has 0 aromatic heterocycles. The maximum atomic E-state index is 13.0. The Hall–Kier alpha value is -2.02. The number of guanidine groups is 1. The molecule has 3 nitrogen and oxygen atoms in total. The van der Waals surface area contributed by atoms with Crippen molar-refractivity contribution in [1.29, 1.82) is 0 Å². The molecule has 0 atom stereocenters. The fourth-order valence-electron chi connectivity index (χ4n) is 2.20. The molecule has 4 heteroatoms. The summed E-state index contributed by atoms with van der Waals surface area (Å²) in [6, 6.07) is 6.75. The monoisotopic (exact) mass is 273 g/mol. The minimum Gasteiger partial charge on any atom is -0.357 e. The Morgan fingerprint density at radius 2 is 2.05 bits per heavy atom. The summed E-state index contributed by atoms with van der Waals surface area (Å²) in [5, 5.41) is 6.24. The fourth-order valence-corrected chi connectivity index (χ4v) is 2.20. The minimum atomic E-state index is -0.197. The summed E-state index contributed by atoms with van der Waals surface area (Å²) in [5.41, 5.74) is 1.24. The first kappa shape index (κ1) is 14.4. The van der Waals surface area contributed by atoms with Crippen molar-refractivity contribution in [3.63, 3.8) is 0 Å². The molecule has 1 aromatic carbocycles. The molecule has 1 fully saturated rings. The smallest absolute Gasteiger partial charge is 0.192 e. The molecule has 20 heavy (non-hydrogen) atoms. The highest BCUT2D eigenvalue weighted by Crippen LogP contribution is 2.48. The van der Waals surface area contributed by atoms with Gasteiger partial charge in [0.2, 0.25) is 0 Å². The highest BCUT2D eigenvalue weighted by atomic mass is 19.1. The molecule has 1 saturated carbocycles. The molecule has 2 N–H and O–H groups in total. The lowest BCUT2D eigenvalue weighted by Gasteiger charge is -2.15. The van der Waals surface area contributed by atoms with Crippen LogP contribution >= 0.6 is 0 Å². The van der Waals surface area contributed by atoms with E-state index in [0.29, 0.717) is 13.1 Å². The summed E-state index contributed by atoms with van der Waals surface area (Å²) < 4.78 is 13.0. The quantitative estimate of drug-likeness (QED) is 0.489. The summed E-state index contributed by atoms with van der Waals surface area (Å²) in [6.45, 7) is 3.95. The van der Waals surface area contributed by atoms with Crippen molar-refractivity contribution in [3.05, 3.63) is 35.6 Å². The molecule has 0 amide bonds. The van der Waals surface area contributed by atoms with E-state index in [2.05, 4.69) is 21.5 Å². The second-order valence-electron chi connectivity index (χ2n) is 5.04. The maximum absolute atomic E-state index is 13.0. The van der Waals surface area contributed by atoms with Gasteiger partial charge in [-0.05, 0) is 37.5 Å². The van der Waals surface area contributed by atoms with Gasteiger partial charge in [0.05, 0.1) is 13.1 Å². The first-order chi connectivity index (χ1) is 9.70. The average molecular weight is 273 g/mol. The van der Waals surface area contributed by atoms with Gasteiger partial charge in [0.1, 0.15) is 5.82 Å². The van der Waals surface area contributed by atoms with Crippen LogP contribution in [0.2, 0.25) is 0 Å². The van der Waals surface area contributed by atoms with E-state index < -0.39 is 0 Å². The lowest BCUT2D eigenvalue weighted by Crippen LogP contribution is -2.38. The van der Waals surface area contributed by atoms with Gasteiger partial charge in [-0.15, -0.1) is 6.42 Å². The molecule has 0 aliphatic heterocycles. The predicted molar refractivity (Wildman–Crippen MR) is 80.1 cm³/mol. The number of nitrogens with zero attached hydrogens (tertiary/aromatic N) is 1. The zero-order valence-electron chi connectivity index (χ0n) is 11.7. The predicted octanol–water partition coefficient (Wildman–Crippen LogP) is 2.05. The maximum Gasteiger partial charge on any atom is 0.192 e. The van der Waals surface area contributed by atoms with Crippen LogP contribution in [-0.2, 0) is 5.41 Å². The lowest BCUT2D eigenvalue weighted by molar-refractivity contribution is 0.623. The van der Waals surface area contributed by atoms with Gasteiger partial charge >= 0.3 is 0 Å². The molecule has 0 heterocycles. The van der Waals surface area contributed by atoms with E-state index in [1.807, 2.05) is 19.1 Å². The van der Waals surface area contributed by atoms with Crippen LogP contribution in [-0.4, -0.2) is 25.6 Å². The highest BCUT2D eigenvalue weighted by molar-refractivity contribution is 5.80. The van der Waals surface area contributed by atoms with Crippen LogP contribution < -0.4 is 10.6 Å². The van der Waals surface area contributed by atoms with Crippen molar-refractivity contribution in [1.82, 2.24) is 10.6 Å². The molecule has 2 rings (SSSR count). The molecule has 0 radical (unpaired) electrons. The Morgan fingerprint density at radius 1 is 1.35 bits per heavy atom. The van der Waals surface area contributed by atoms with E-state index in [9.17, 15) is 4.39 Å². The van der Waals surface area contributed by atoms with Gasteiger partial charge in [0.15, 0.2) is 5.96 Å². The highest BCUT2D eigenvalue weighted by Gasteiger charge is 2.44. The molecule has 1 aliphatic rings. The Bertz CT molecular complexity index is 510. The Kier molecular flexibility index (Phi) is 4.62. The summed E-state index contributed by atoms with van der Waals surface area (Å²) in [7, 11) is 0. The number of halogens is 1. The van der Waals surface area contributed by atoms with Crippen LogP contribution in [0, 0.1) is 18.2 Å². The Morgan fingerprint density at radius 3 is 2.60 bits per heavy atom. The normalized spacial score (nSPS) is 16.4.